The van der Waals surface area contributed by atoms with Crippen LogP contribution in [0.4, 0.5) is 26.3 Å². The second-order valence-corrected chi connectivity index (χ2v) is 24.8. The molecule has 0 amide bonds. The molecule has 12 heteroatoms. The lowest BCUT2D eigenvalue weighted by Crippen LogP contribution is -2.55. The molecule has 0 atom stereocenters. The van der Waals surface area contributed by atoms with E-state index in [0.29, 0.717) is 42.6 Å². The number of rotatable bonds is 13. The largest absolute Gasteiger partial charge is 0.489 e. The predicted molar refractivity (Wildman–Crippen MR) is 186 cm³/mol. The van der Waals surface area contributed by atoms with Crippen molar-refractivity contribution in [2.24, 2.45) is 0 Å². The van der Waals surface area contributed by atoms with Crippen molar-refractivity contribution in [2.45, 2.75) is 129 Å². The van der Waals surface area contributed by atoms with Crippen LogP contribution in [-0.2, 0) is 28.7 Å². The highest BCUT2D eigenvalue weighted by Gasteiger charge is 2.68. The van der Waals surface area contributed by atoms with Crippen LogP contribution in [0, 0.1) is 0 Å². The van der Waals surface area contributed by atoms with Crippen LogP contribution in [0.25, 0.3) is 5.57 Å². The van der Waals surface area contributed by atoms with Gasteiger partial charge in [0.1, 0.15) is 12.4 Å². The van der Waals surface area contributed by atoms with Gasteiger partial charge in [-0.1, -0.05) is 84.9 Å². The number of aliphatic hydroxyl groups is 1. The van der Waals surface area contributed by atoms with E-state index in [0.717, 1.165) is 22.8 Å². The lowest BCUT2D eigenvalue weighted by molar-refractivity contribution is -0.347. The van der Waals surface area contributed by atoms with E-state index in [2.05, 4.69) is 73.8 Å². The molecule has 0 radical (unpaired) electrons. The molecule has 2 aromatic rings. The summed E-state index contributed by atoms with van der Waals surface area (Å²) >= 11 is 0. The Morgan fingerprint density at radius 3 is 1.73 bits per heavy atom. The molecule has 0 aliphatic rings. The normalized spacial score (nSPS) is 14.6. The van der Waals surface area contributed by atoms with E-state index in [9.17, 15) is 31.4 Å². The maximum absolute atomic E-state index is 13.1. The van der Waals surface area contributed by atoms with Gasteiger partial charge >= 0.3 is 12.4 Å². The van der Waals surface area contributed by atoms with Crippen molar-refractivity contribution in [2.75, 3.05) is 0 Å². The van der Waals surface area contributed by atoms with Crippen LogP contribution in [0.5, 0.6) is 5.75 Å². The van der Waals surface area contributed by atoms with Gasteiger partial charge in [-0.05, 0) is 94.8 Å². The first-order valence-corrected chi connectivity index (χ1v) is 21.8. The van der Waals surface area contributed by atoms with Crippen molar-refractivity contribution in [1.82, 2.24) is 0 Å². The fraction of sp³-hybridized carbons (Fsp3) is 0.556. The second-order valence-electron chi connectivity index (χ2n) is 15.2. The first-order valence-electron chi connectivity index (χ1n) is 16.0. The van der Waals surface area contributed by atoms with E-state index in [1.807, 2.05) is 12.1 Å². The fourth-order valence-electron chi connectivity index (χ4n) is 4.02. The number of alkyl halides is 6. The third-order valence-electron chi connectivity index (χ3n) is 9.55. The standard InChI is InChI=1S/C36H52F6O4Si2/c1-12-27(16-14-20-34(43,35(37,38)39)36(40,41)42)28-15-13-17-31(22-28)44-23-26-18-19-29(24-45-47(8,9)32(2,3)4)30(21-26)25-46-48(10,11)33(5,6)7/h13-22,43H,12,23-25H2,1-11H3/b20-14+,27-16+. The Kier molecular flexibility index (Phi) is 13.3. The van der Waals surface area contributed by atoms with Crippen molar-refractivity contribution >= 4 is 22.2 Å². The molecule has 0 bridgehead atoms. The molecular weight excluding hydrogens is 667 g/mol. The molecule has 0 heterocycles. The van der Waals surface area contributed by atoms with Gasteiger partial charge in [0.15, 0.2) is 16.6 Å². The average molecular weight is 719 g/mol. The summed E-state index contributed by atoms with van der Waals surface area (Å²) in [6.07, 6.45) is -10.1. The highest BCUT2D eigenvalue weighted by molar-refractivity contribution is 6.74. The molecule has 270 valence electrons. The minimum atomic E-state index is -5.93. The van der Waals surface area contributed by atoms with E-state index >= 15 is 0 Å². The SMILES string of the molecule is CC/C(=C\C=C\C(O)(C(F)(F)F)C(F)(F)F)c1cccc(OCc2ccc(CO[Si](C)(C)C(C)(C)C)c(CO[Si](C)(C)C(C)(C)C)c2)c1. The van der Waals surface area contributed by atoms with Crippen LogP contribution in [0.2, 0.25) is 36.3 Å². The third-order valence-corrected chi connectivity index (χ3v) is 18.5. The van der Waals surface area contributed by atoms with Crippen molar-refractivity contribution in [3.8, 4) is 5.75 Å². The molecule has 0 aromatic heterocycles. The minimum absolute atomic E-state index is 0.0377. The van der Waals surface area contributed by atoms with Crippen molar-refractivity contribution in [3.63, 3.8) is 0 Å². The van der Waals surface area contributed by atoms with E-state index in [-0.39, 0.29) is 22.8 Å². The van der Waals surface area contributed by atoms with E-state index in [4.69, 9.17) is 13.6 Å². The van der Waals surface area contributed by atoms with Gasteiger partial charge in [-0.3, -0.25) is 0 Å². The Hall–Kier alpha value is -2.39. The van der Waals surface area contributed by atoms with Gasteiger partial charge in [0.2, 0.25) is 0 Å². The average Bonchev–Trinajstić information content (AvgIpc) is 2.94. The van der Waals surface area contributed by atoms with Gasteiger partial charge in [0, 0.05) is 0 Å². The summed E-state index contributed by atoms with van der Waals surface area (Å²) in [7, 11) is -4.05. The monoisotopic (exact) mass is 718 g/mol. The third kappa shape index (κ3) is 10.6. The highest BCUT2D eigenvalue weighted by atomic mass is 28.4. The van der Waals surface area contributed by atoms with Gasteiger partial charge in [0.05, 0.1) is 13.2 Å². The minimum Gasteiger partial charge on any atom is -0.489 e. The van der Waals surface area contributed by atoms with Gasteiger partial charge in [0.25, 0.3) is 5.60 Å². The molecule has 0 spiro atoms. The Bertz CT molecular complexity index is 1420. The number of allylic oxidation sites excluding steroid dienone is 3. The summed E-state index contributed by atoms with van der Waals surface area (Å²) in [6, 6.07) is 12.9. The topological polar surface area (TPSA) is 47.9 Å². The summed E-state index contributed by atoms with van der Waals surface area (Å²) in [5.41, 5.74) is -0.963. The lowest BCUT2D eigenvalue weighted by atomic mass is 9.99. The summed E-state index contributed by atoms with van der Waals surface area (Å²) in [5.74, 6) is 0.474. The van der Waals surface area contributed by atoms with Gasteiger partial charge in [-0.15, -0.1) is 0 Å². The summed E-state index contributed by atoms with van der Waals surface area (Å²) in [4.78, 5) is 0. The molecule has 2 aromatic carbocycles. The first-order chi connectivity index (χ1) is 21.6. The van der Waals surface area contributed by atoms with Crippen molar-refractivity contribution in [3.05, 3.63) is 82.9 Å². The van der Waals surface area contributed by atoms with Crippen LogP contribution in [-0.4, -0.2) is 39.7 Å². The molecular formula is C36H52F6O4Si2. The zero-order chi connectivity index (χ0) is 37.0. The van der Waals surface area contributed by atoms with Crippen LogP contribution in [0.1, 0.15) is 77.1 Å². The lowest BCUT2D eigenvalue weighted by Gasteiger charge is -2.37. The van der Waals surface area contributed by atoms with Crippen LogP contribution in [0.3, 0.4) is 0 Å². The predicted octanol–water partition coefficient (Wildman–Crippen LogP) is 11.5. The summed E-state index contributed by atoms with van der Waals surface area (Å²) < 4.78 is 97.6. The molecule has 0 aliphatic heterocycles. The number of hydrogen-bond donors (Lipinski definition) is 1. The quantitative estimate of drug-likeness (QED) is 0.127. The van der Waals surface area contributed by atoms with Crippen LogP contribution < -0.4 is 4.74 Å². The van der Waals surface area contributed by atoms with Gasteiger partial charge in [-0.2, -0.15) is 26.3 Å². The maximum Gasteiger partial charge on any atom is 0.430 e. The molecule has 0 saturated carbocycles. The Morgan fingerprint density at radius 2 is 1.25 bits per heavy atom. The Labute approximate surface area is 284 Å². The molecule has 4 nitrogen and oxygen atoms in total. The summed E-state index contributed by atoms with van der Waals surface area (Å²) in [5, 5.41) is 9.51. The summed E-state index contributed by atoms with van der Waals surface area (Å²) in [6.45, 7) is 24.9. The fourth-order valence-corrected chi connectivity index (χ4v) is 5.92. The van der Waals surface area contributed by atoms with Crippen molar-refractivity contribution in [1.29, 1.82) is 0 Å². The first kappa shape index (κ1) is 41.8. The molecule has 0 unspecified atom stereocenters. The smallest absolute Gasteiger partial charge is 0.430 e. The molecule has 0 aliphatic carbocycles. The maximum atomic E-state index is 13.1. The molecule has 0 saturated heterocycles. The second kappa shape index (κ2) is 15.2. The molecule has 0 fully saturated rings. The molecule has 1 N–H and O–H groups in total. The number of benzene rings is 2. The van der Waals surface area contributed by atoms with Crippen LogP contribution in [0.15, 0.2) is 60.7 Å². The zero-order valence-corrected chi connectivity index (χ0v) is 32.0. The Morgan fingerprint density at radius 1 is 0.729 bits per heavy atom. The molecule has 48 heavy (non-hydrogen) atoms. The van der Waals surface area contributed by atoms with Crippen molar-refractivity contribution < 1.29 is 45.0 Å². The van der Waals surface area contributed by atoms with E-state index in [1.54, 1.807) is 31.2 Å². The molecule has 2 rings (SSSR count). The van der Waals surface area contributed by atoms with Gasteiger partial charge in [-0.25, -0.2) is 0 Å². The number of halogens is 6. The highest BCUT2D eigenvalue weighted by Crippen LogP contribution is 2.44. The van der Waals surface area contributed by atoms with Gasteiger partial charge < -0.3 is 18.7 Å². The van der Waals surface area contributed by atoms with Crippen LogP contribution >= 0.6 is 0 Å². The zero-order valence-electron chi connectivity index (χ0n) is 30.0. The number of hydrogen-bond acceptors (Lipinski definition) is 4. The van der Waals surface area contributed by atoms with E-state index < -0.39 is 34.6 Å². The Balaban J connectivity index is 2.33. The number of ether oxygens (including phenoxy) is 1. The van der Waals surface area contributed by atoms with E-state index in [1.165, 1.54) is 0 Å².